The lowest BCUT2D eigenvalue weighted by molar-refractivity contribution is 0.670. The molecule has 0 spiro atoms. The molecule has 4 nitrogen and oxygen atoms in total. The monoisotopic (exact) mass is 651 g/mol. The fourth-order valence-electron chi connectivity index (χ4n) is 8.03. The number of fused-ring (bicyclic) bond motifs is 8. The van der Waals surface area contributed by atoms with E-state index in [-0.39, 0.29) is 0 Å². The summed E-state index contributed by atoms with van der Waals surface area (Å²) >= 11 is 0. The van der Waals surface area contributed by atoms with Crippen LogP contribution in [-0.2, 0) is 0 Å². The molecule has 4 heteroatoms. The molecule has 11 rings (SSSR count). The van der Waals surface area contributed by atoms with Crippen LogP contribution in [0.15, 0.2) is 180 Å². The first-order valence-electron chi connectivity index (χ1n) is 17.3. The normalized spacial score (nSPS) is 11.9. The quantitative estimate of drug-likeness (QED) is 0.190. The van der Waals surface area contributed by atoms with Crippen LogP contribution in [0.25, 0.3) is 99.4 Å². The van der Waals surface area contributed by atoms with Crippen molar-refractivity contribution >= 4 is 65.6 Å². The van der Waals surface area contributed by atoms with Crippen LogP contribution in [0.2, 0.25) is 0 Å². The van der Waals surface area contributed by atoms with Crippen molar-refractivity contribution in [3.05, 3.63) is 176 Å². The molecule has 238 valence electrons. The number of furan rings is 1. The molecule has 0 radical (unpaired) electrons. The summed E-state index contributed by atoms with van der Waals surface area (Å²) in [6, 6.07) is 62.5. The molecule has 0 aliphatic heterocycles. The second-order valence-electron chi connectivity index (χ2n) is 13.2. The Hall–Kier alpha value is -6.91. The summed E-state index contributed by atoms with van der Waals surface area (Å²) in [4.78, 5) is 5.12. The minimum atomic E-state index is 0.901. The van der Waals surface area contributed by atoms with Crippen molar-refractivity contribution < 1.29 is 4.42 Å². The number of hydrogen-bond donors (Lipinski definition) is 0. The van der Waals surface area contributed by atoms with Crippen LogP contribution in [0.1, 0.15) is 0 Å². The lowest BCUT2D eigenvalue weighted by Crippen LogP contribution is -1.99. The van der Waals surface area contributed by atoms with Gasteiger partial charge in [-0.05, 0) is 70.9 Å². The van der Waals surface area contributed by atoms with Crippen molar-refractivity contribution in [3.8, 4) is 33.9 Å². The predicted molar refractivity (Wildman–Crippen MR) is 211 cm³/mol. The van der Waals surface area contributed by atoms with Gasteiger partial charge in [0.15, 0.2) is 0 Å². The highest BCUT2D eigenvalue weighted by Gasteiger charge is 2.21. The van der Waals surface area contributed by atoms with Crippen molar-refractivity contribution in [2.75, 3.05) is 0 Å². The standard InChI is InChI=1S/C47H29N3O/c1-3-13-30(14-4-1)47-48-40-20-10-11-21-41(40)50(47)34-24-26-37-36-25-23-32(28-42(36)49(43(37)29-34)33-16-5-2-6-17-33)45-35-18-8-7-15-31(35)27-39-38-19-9-12-22-44(38)51-46(39)45/h1-29H. The highest BCUT2D eigenvalue weighted by molar-refractivity contribution is 6.19. The minimum Gasteiger partial charge on any atom is -0.455 e. The SMILES string of the molecule is c1ccc(-c2nc3ccccc3n2-c2ccc3c4ccc(-c5c6ccccc6cc6c5oc5ccccc56)cc4n(-c4ccccc4)c3c2)cc1. The molecule has 0 amide bonds. The second kappa shape index (κ2) is 10.8. The number of imidazole rings is 1. The van der Waals surface area contributed by atoms with Crippen LogP contribution in [0.4, 0.5) is 0 Å². The first-order valence-corrected chi connectivity index (χ1v) is 17.3. The lowest BCUT2D eigenvalue weighted by Gasteiger charge is -2.13. The molecular weight excluding hydrogens is 623 g/mol. The third-order valence-corrected chi connectivity index (χ3v) is 10.3. The van der Waals surface area contributed by atoms with Crippen LogP contribution >= 0.6 is 0 Å². The molecule has 3 heterocycles. The molecule has 0 aliphatic rings. The fraction of sp³-hybridized carbons (Fsp3) is 0. The predicted octanol–water partition coefficient (Wildman–Crippen LogP) is 12.5. The molecule has 0 fully saturated rings. The highest BCUT2D eigenvalue weighted by Crippen LogP contribution is 2.43. The first kappa shape index (κ1) is 28.0. The molecule has 0 bridgehead atoms. The number of hydrogen-bond acceptors (Lipinski definition) is 2. The van der Waals surface area contributed by atoms with Gasteiger partial charge in [0.05, 0.1) is 22.1 Å². The van der Waals surface area contributed by atoms with Crippen LogP contribution in [0, 0.1) is 0 Å². The van der Waals surface area contributed by atoms with Gasteiger partial charge in [0.1, 0.15) is 17.0 Å². The number of para-hydroxylation sites is 4. The van der Waals surface area contributed by atoms with E-state index in [0.717, 1.165) is 77.9 Å². The maximum absolute atomic E-state index is 6.66. The van der Waals surface area contributed by atoms with Crippen molar-refractivity contribution in [3.63, 3.8) is 0 Å². The first-order chi connectivity index (χ1) is 25.3. The van der Waals surface area contributed by atoms with E-state index in [9.17, 15) is 0 Å². The fourth-order valence-corrected chi connectivity index (χ4v) is 8.03. The molecule has 0 saturated heterocycles. The summed E-state index contributed by atoms with van der Waals surface area (Å²) in [6.45, 7) is 0. The van der Waals surface area contributed by atoms with Gasteiger partial charge >= 0.3 is 0 Å². The summed E-state index contributed by atoms with van der Waals surface area (Å²) in [5, 5.41) is 7.03. The summed E-state index contributed by atoms with van der Waals surface area (Å²) in [7, 11) is 0. The van der Waals surface area contributed by atoms with Crippen molar-refractivity contribution in [2.24, 2.45) is 0 Å². The van der Waals surface area contributed by atoms with E-state index in [1.54, 1.807) is 0 Å². The van der Waals surface area contributed by atoms with Crippen molar-refractivity contribution in [1.29, 1.82) is 0 Å². The summed E-state index contributed by atoms with van der Waals surface area (Å²) in [5.74, 6) is 0.923. The van der Waals surface area contributed by atoms with Crippen LogP contribution < -0.4 is 0 Å². The largest absolute Gasteiger partial charge is 0.455 e. The molecule has 3 aromatic heterocycles. The summed E-state index contributed by atoms with van der Waals surface area (Å²) in [5.41, 5.74) is 11.6. The van der Waals surface area contributed by atoms with Crippen molar-refractivity contribution in [1.82, 2.24) is 14.1 Å². The van der Waals surface area contributed by atoms with E-state index in [1.807, 2.05) is 12.1 Å². The number of nitrogens with zero attached hydrogens (tertiary/aromatic N) is 3. The maximum atomic E-state index is 6.66. The van der Waals surface area contributed by atoms with E-state index in [2.05, 4.69) is 173 Å². The molecule has 51 heavy (non-hydrogen) atoms. The van der Waals surface area contributed by atoms with Crippen molar-refractivity contribution in [2.45, 2.75) is 0 Å². The summed E-state index contributed by atoms with van der Waals surface area (Å²) in [6.07, 6.45) is 0. The Bertz CT molecular complexity index is 3130. The number of aromatic nitrogens is 3. The Morgan fingerprint density at radius 1 is 0.412 bits per heavy atom. The van der Waals surface area contributed by atoms with Gasteiger partial charge in [-0.3, -0.25) is 4.57 Å². The average molecular weight is 652 g/mol. The zero-order valence-electron chi connectivity index (χ0n) is 27.5. The molecule has 0 aliphatic carbocycles. The van der Waals surface area contributed by atoms with Gasteiger partial charge in [0, 0.05) is 44.0 Å². The molecule has 8 aromatic carbocycles. The molecule has 11 aromatic rings. The summed E-state index contributed by atoms with van der Waals surface area (Å²) < 4.78 is 11.3. The molecular formula is C47H29N3O. The van der Waals surface area contributed by atoms with E-state index in [1.165, 1.54) is 21.5 Å². The van der Waals surface area contributed by atoms with Gasteiger partial charge < -0.3 is 8.98 Å². The molecule has 0 unspecified atom stereocenters. The zero-order chi connectivity index (χ0) is 33.5. The Morgan fingerprint density at radius 2 is 1.10 bits per heavy atom. The zero-order valence-corrected chi connectivity index (χ0v) is 27.5. The average Bonchev–Trinajstić information content (AvgIpc) is 3.86. The Balaban J connectivity index is 1.21. The third kappa shape index (κ3) is 4.17. The maximum Gasteiger partial charge on any atom is 0.145 e. The second-order valence-corrected chi connectivity index (χ2v) is 13.2. The van der Waals surface area contributed by atoms with E-state index >= 15 is 0 Å². The smallest absolute Gasteiger partial charge is 0.145 e. The molecule has 0 saturated carbocycles. The van der Waals surface area contributed by atoms with E-state index < -0.39 is 0 Å². The minimum absolute atomic E-state index is 0.901. The number of benzene rings is 8. The van der Waals surface area contributed by atoms with E-state index in [0.29, 0.717) is 0 Å². The van der Waals surface area contributed by atoms with Gasteiger partial charge in [-0.25, -0.2) is 4.98 Å². The van der Waals surface area contributed by atoms with Gasteiger partial charge in [0.2, 0.25) is 0 Å². The van der Waals surface area contributed by atoms with Crippen LogP contribution in [-0.4, -0.2) is 14.1 Å². The third-order valence-electron chi connectivity index (χ3n) is 10.3. The molecule has 0 N–H and O–H groups in total. The number of rotatable bonds is 4. The highest BCUT2D eigenvalue weighted by atomic mass is 16.3. The van der Waals surface area contributed by atoms with Gasteiger partial charge in [-0.2, -0.15) is 0 Å². The lowest BCUT2D eigenvalue weighted by atomic mass is 9.94. The van der Waals surface area contributed by atoms with E-state index in [4.69, 9.17) is 9.40 Å². The molecule has 0 atom stereocenters. The van der Waals surface area contributed by atoms with Crippen LogP contribution in [0.5, 0.6) is 0 Å². The van der Waals surface area contributed by atoms with Crippen LogP contribution in [0.3, 0.4) is 0 Å². The van der Waals surface area contributed by atoms with Gasteiger partial charge in [-0.15, -0.1) is 0 Å². The Kier molecular flexibility index (Phi) is 5.92. The van der Waals surface area contributed by atoms with Gasteiger partial charge in [0.25, 0.3) is 0 Å². The van der Waals surface area contributed by atoms with Gasteiger partial charge in [-0.1, -0.05) is 121 Å². The topological polar surface area (TPSA) is 35.9 Å². The Morgan fingerprint density at radius 3 is 1.96 bits per heavy atom. The Labute approximate surface area is 293 Å².